The van der Waals surface area contributed by atoms with Gasteiger partial charge in [-0.3, -0.25) is 0 Å². The predicted octanol–water partition coefficient (Wildman–Crippen LogP) is 6.82. The molecule has 0 saturated carbocycles. The molecule has 118 valence electrons. The Labute approximate surface area is 144 Å². The molecule has 0 spiro atoms. The highest BCUT2D eigenvalue weighted by Crippen LogP contribution is 2.46. The van der Waals surface area contributed by atoms with E-state index in [2.05, 4.69) is 62.4 Å². The van der Waals surface area contributed by atoms with Gasteiger partial charge in [0.2, 0.25) is 0 Å². The highest BCUT2D eigenvalue weighted by molar-refractivity contribution is 8.04. The summed E-state index contributed by atoms with van der Waals surface area (Å²) in [5.74, 6) is 0.275. The van der Waals surface area contributed by atoms with E-state index in [0.29, 0.717) is 0 Å². The minimum Gasteiger partial charge on any atom is -0.107 e. The first-order valence-electron chi connectivity index (χ1n) is 7.93. The molecule has 0 aromatic rings. The summed E-state index contributed by atoms with van der Waals surface area (Å²) >= 11 is 1.60. The summed E-state index contributed by atoms with van der Waals surface area (Å²) in [5.41, 5.74) is 6.77. The van der Waals surface area contributed by atoms with E-state index < -0.39 is 0 Å². The molecule has 0 aromatic heterocycles. The Balaban J connectivity index is 2.53. The van der Waals surface area contributed by atoms with Gasteiger partial charge in [0.1, 0.15) is 0 Å². The first-order chi connectivity index (χ1) is 11.3. The van der Waals surface area contributed by atoms with Crippen LogP contribution in [0.15, 0.2) is 107 Å². The molecule has 0 heterocycles. The van der Waals surface area contributed by atoms with Crippen molar-refractivity contribution < 1.29 is 0 Å². The van der Waals surface area contributed by atoms with E-state index in [1.54, 1.807) is 11.8 Å². The third-order valence-corrected chi connectivity index (χ3v) is 4.67. The van der Waals surface area contributed by atoms with E-state index in [1.165, 1.54) is 27.9 Å². The second-order valence-corrected chi connectivity index (χ2v) is 6.25. The molecule has 0 saturated heterocycles. The summed E-state index contributed by atoms with van der Waals surface area (Å²) in [4.78, 5) is 0. The second kappa shape index (κ2) is 8.59. The van der Waals surface area contributed by atoms with Crippen molar-refractivity contribution in [1.29, 1.82) is 0 Å². The van der Waals surface area contributed by atoms with Crippen LogP contribution in [0.4, 0.5) is 0 Å². The van der Waals surface area contributed by atoms with Gasteiger partial charge in [-0.25, -0.2) is 0 Å². The zero-order chi connectivity index (χ0) is 16.7. The summed E-state index contributed by atoms with van der Waals surface area (Å²) in [7, 11) is 0. The number of thioether (sulfide) groups is 1. The maximum absolute atomic E-state index is 4.06. The van der Waals surface area contributed by atoms with E-state index in [9.17, 15) is 0 Å². The first kappa shape index (κ1) is 17.4. The van der Waals surface area contributed by atoms with Crippen molar-refractivity contribution in [3.8, 4) is 0 Å². The predicted molar refractivity (Wildman–Crippen MR) is 106 cm³/mol. The zero-order valence-electron chi connectivity index (χ0n) is 13.8. The van der Waals surface area contributed by atoms with E-state index in [4.69, 9.17) is 0 Å². The lowest BCUT2D eigenvalue weighted by Crippen LogP contribution is -2.06. The van der Waals surface area contributed by atoms with Crippen molar-refractivity contribution in [3.63, 3.8) is 0 Å². The molecule has 1 atom stereocenters. The Hall–Kier alpha value is -1.99. The van der Waals surface area contributed by atoms with Crippen LogP contribution in [0.5, 0.6) is 0 Å². The van der Waals surface area contributed by atoms with Crippen molar-refractivity contribution >= 4 is 11.8 Å². The highest BCUT2D eigenvalue weighted by atomic mass is 32.2. The molecule has 2 aliphatic carbocycles. The molecule has 0 radical (unpaired) electrons. The summed E-state index contributed by atoms with van der Waals surface area (Å²) in [6.45, 7) is 13.7. The molecule has 0 bridgehead atoms. The largest absolute Gasteiger partial charge is 0.107 e. The molecule has 1 unspecified atom stereocenters. The highest BCUT2D eigenvalue weighted by Gasteiger charge is 2.31. The van der Waals surface area contributed by atoms with E-state index in [1.807, 2.05) is 23.6 Å². The van der Waals surface area contributed by atoms with Crippen LogP contribution in [0.25, 0.3) is 0 Å². The molecular formula is C22H24S. The van der Waals surface area contributed by atoms with Crippen molar-refractivity contribution in [2.45, 2.75) is 19.8 Å². The van der Waals surface area contributed by atoms with Gasteiger partial charge in [0, 0.05) is 5.92 Å². The maximum atomic E-state index is 4.06. The standard InChI is InChI=1S/C22H24S/c1-5-9-12-20-18(7-3)19-13-10-11-14-21(19)22(20)17(6-2)15-16-23-8-4/h5-9,11-12,14-16,22H,1,3-4,10,13H2,2H3/b12-9-,16-15-,17-6+. The molecule has 2 rings (SSSR count). The van der Waals surface area contributed by atoms with Gasteiger partial charge in [0.15, 0.2) is 0 Å². The van der Waals surface area contributed by atoms with Crippen molar-refractivity contribution in [2.75, 3.05) is 0 Å². The third kappa shape index (κ3) is 3.68. The van der Waals surface area contributed by atoms with Crippen LogP contribution in [0, 0.1) is 5.92 Å². The van der Waals surface area contributed by atoms with Crippen LogP contribution in [0.3, 0.4) is 0 Å². The minimum absolute atomic E-state index is 0.275. The normalized spacial score (nSPS) is 21.4. The van der Waals surface area contributed by atoms with E-state index in [0.717, 1.165) is 12.8 Å². The van der Waals surface area contributed by atoms with Crippen LogP contribution in [0.2, 0.25) is 0 Å². The summed E-state index contributed by atoms with van der Waals surface area (Å²) < 4.78 is 0. The van der Waals surface area contributed by atoms with Gasteiger partial charge in [-0.05, 0) is 58.4 Å². The van der Waals surface area contributed by atoms with Gasteiger partial charge < -0.3 is 0 Å². The van der Waals surface area contributed by atoms with Crippen molar-refractivity contribution in [3.05, 3.63) is 107 Å². The van der Waals surface area contributed by atoms with Gasteiger partial charge in [0.05, 0.1) is 0 Å². The molecule has 0 aliphatic heterocycles. The lowest BCUT2D eigenvalue weighted by molar-refractivity contribution is 0.885. The molecule has 0 aromatic carbocycles. The fourth-order valence-corrected chi connectivity index (χ4v) is 3.58. The van der Waals surface area contributed by atoms with Gasteiger partial charge in [0.25, 0.3) is 0 Å². The minimum atomic E-state index is 0.275. The Morgan fingerprint density at radius 1 is 1.30 bits per heavy atom. The van der Waals surface area contributed by atoms with Gasteiger partial charge in [-0.2, -0.15) is 0 Å². The van der Waals surface area contributed by atoms with Crippen molar-refractivity contribution in [2.24, 2.45) is 5.92 Å². The van der Waals surface area contributed by atoms with Gasteiger partial charge in [-0.1, -0.05) is 68.3 Å². The Morgan fingerprint density at radius 2 is 2.13 bits per heavy atom. The second-order valence-electron chi connectivity index (χ2n) is 5.37. The molecule has 1 heteroatoms. The third-order valence-electron chi connectivity index (χ3n) is 4.18. The Morgan fingerprint density at radius 3 is 2.78 bits per heavy atom. The Bertz CT molecular complexity index is 675. The Kier molecular flexibility index (Phi) is 6.49. The first-order valence-corrected chi connectivity index (χ1v) is 8.87. The zero-order valence-corrected chi connectivity index (χ0v) is 14.6. The lowest BCUT2D eigenvalue weighted by Gasteiger charge is -2.19. The van der Waals surface area contributed by atoms with Crippen LogP contribution in [-0.2, 0) is 0 Å². The quantitative estimate of drug-likeness (QED) is 0.463. The summed E-state index contributed by atoms with van der Waals surface area (Å²) in [5, 5.41) is 3.93. The maximum Gasteiger partial charge on any atom is 0.0345 e. The average molecular weight is 321 g/mol. The smallest absolute Gasteiger partial charge is 0.0345 e. The summed E-state index contributed by atoms with van der Waals surface area (Å²) in [6, 6.07) is 0. The molecule has 0 fully saturated rings. The van der Waals surface area contributed by atoms with Gasteiger partial charge >= 0.3 is 0 Å². The fraction of sp³-hybridized carbons (Fsp3) is 0.182. The lowest BCUT2D eigenvalue weighted by atomic mass is 9.85. The molecule has 0 N–H and O–H groups in total. The monoisotopic (exact) mass is 320 g/mol. The number of allylic oxidation sites excluding steroid dienone is 13. The van der Waals surface area contributed by atoms with Crippen LogP contribution in [0.1, 0.15) is 19.8 Å². The number of hydrogen-bond acceptors (Lipinski definition) is 1. The van der Waals surface area contributed by atoms with Crippen LogP contribution in [-0.4, -0.2) is 0 Å². The summed E-state index contributed by atoms with van der Waals surface area (Å²) in [6.07, 6.45) is 19.2. The molecule has 0 amide bonds. The molecule has 23 heavy (non-hydrogen) atoms. The number of hydrogen-bond donors (Lipinski definition) is 0. The molecule has 2 aliphatic rings. The fourth-order valence-electron chi connectivity index (χ4n) is 3.23. The topological polar surface area (TPSA) is 0 Å². The van der Waals surface area contributed by atoms with Gasteiger partial charge in [-0.15, -0.1) is 11.8 Å². The molecule has 0 nitrogen and oxygen atoms in total. The van der Waals surface area contributed by atoms with Crippen LogP contribution >= 0.6 is 11.8 Å². The SMILES string of the molecule is C=C/C=C\C1=C(C=C)C2=C(C=CCC2)C1C(/C=C\SC=C)=C/C. The number of rotatable bonds is 7. The molecular weight excluding hydrogens is 296 g/mol. The van der Waals surface area contributed by atoms with E-state index >= 15 is 0 Å². The van der Waals surface area contributed by atoms with Crippen LogP contribution < -0.4 is 0 Å². The van der Waals surface area contributed by atoms with E-state index in [-0.39, 0.29) is 5.92 Å². The van der Waals surface area contributed by atoms with Crippen molar-refractivity contribution in [1.82, 2.24) is 0 Å². The average Bonchev–Trinajstić information content (AvgIpc) is 2.90.